The highest BCUT2D eigenvalue weighted by Crippen LogP contribution is 2.26. The van der Waals surface area contributed by atoms with Crippen molar-refractivity contribution in [2.75, 3.05) is 37.6 Å². The molecule has 0 bridgehead atoms. The van der Waals surface area contributed by atoms with Gasteiger partial charge in [0.25, 0.3) is 11.8 Å². The Kier molecular flexibility index (Phi) is 9.15. The van der Waals surface area contributed by atoms with Gasteiger partial charge in [-0.3, -0.25) is 14.9 Å². The molecule has 0 radical (unpaired) electrons. The van der Waals surface area contributed by atoms with E-state index in [0.29, 0.717) is 40.3 Å². The van der Waals surface area contributed by atoms with E-state index in [1.165, 1.54) is 0 Å². The van der Waals surface area contributed by atoms with Gasteiger partial charge in [-0.15, -0.1) is 0 Å². The SMILES string of the molecule is COCCOc1ccc(C(=O)NC(=S)Nc2cccc(C(=O)N(C)c3ccccc3)c2)cc1Br. The van der Waals surface area contributed by atoms with E-state index in [1.54, 1.807) is 61.5 Å². The second kappa shape index (κ2) is 12.3. The molecule has 0 fully saturated rings. The van der Waals surface area contributed by atoms with Crippen LogP contribution in [0.4, 0.5) is 11.4 Å². The lowest BCUT2D eigenvalue weighted by Gasteiger charge is -2.18. The van der Waals surface area contributed by atoms with Crippen molar-refractivity contribution in [3.05, 3.63) is 88.4 Å². The highest BCUT2D eigenvalue weighted by atomic mass is 79.9. The average molecular weight is 542 g/mol. The third kappa shape index (κ3) is 6.86. The number of nitrogens with one attached hydrogen (secondary N) is 2. The largest absolute Gasteiger partial charge is 0.490 e. The fraction of sp³-hybridized carbons (Fsp3) is 0.160. The van der Waals surface area contributed by atoms with Gasteiger partial charge >= 0.3 is 0 Å². The van der Waals surface area contributed by atoms with Gasteiger partial charge < -0.3 is 19.7 Å². The molecule has 176 valence electrons. The lowest BCUT2D eigenvalue weighted by atomic mass is 10.1. The monoisotopic (exact) mass is 541 g/mol. The Labute approximate surface area is 212 Å². The molecule has 7 nitrogen and oxygen atoms in total. The molecule has 0 heterocycles. The number of carbonyl (C=O) groups is 2. The first-order valence-electron chi connectivity index (χ1n) is 10.4. The van der Waals surface area contributed by atoms with Crippen molar-refractivity contribution in [3.63, 3.8) is 0 Å². The second-order valence-electron chi connectivity index (χ2n) is 7.18. The number of methoxy groups -OCH3 is 1. The molecule has 0 spiro atoms. The van der Waals surface area contributed by atoms with Crippen LogP contribution in [0.2, 0.25) is 0 Å². The van der Waals surface area contributed by atoms with Crippen LogP contribution in [0.3, 0.4) is 0 Å². The number of thiocarbonyl (C=S) groups is 1. The van der Waals surface area contributed by atoms with Crippen LogP contribution in [0.1, 0.15) is 20.7 Å². The minimum absolute atomic E-state index is 0.113. The normalized spacial score (nSPS) is 10.3. The highest BCUT2D eigenvalue weighted by molar-refractivity contribution is 9.10. The molecule has 0 aliphatic carbocycles. The summed E-state index contributed by atoms with van der Waals surface area (Å²) in [4.78, 5) is 27.0. The molecule has 3 rings (SSSR count). The smallest absolute Gasteiger partial charge is 0.258 e. The van der Waals surface area contributed by atoms with Gasteiger partial charge in [-0.05, 0) is 76.7 Å². The van der Waals surface area contributed by atoms with Crippen molar-refractivity contribution in [2.24, 2.45) is 0 Å². The van der Waals surface area contributed by atoms with Crippen molar-refractivity contribution < 1.29 is 19.1 Å². The summed E-state index contributed by atoms with van der Waals surface area (Å²) in [7, 11) is 3.31. The van der Waals surface area contributed by atoms with E-state index in [9.17, 15) is 9.59 Å². The molecular formula is C25H24BrN3O4S. The number of para-hydroxylation sites is 1. The lowest BCUT2D eigenvalue weighted by molar-refractivity contribution is 0.0974. The third-order valence-corrected chi connectivity index (χ3v) is 5.61. The van der Waals surface area contributed by atoms with Gasteiger partial charge in [0, 0.05) is 36.7 Å². The molecule has 0 saturated carbocycles. The minimum atomic E-state index is -0.377. The number of amides is 2. The van der Waals surface area contributed by atoms with Crippen LogP contribution in [0.15, 0.2) is 77.3 Å². The van der Waals surface area contributed by atoms with Gasteiger partial charge in [-0.25, -0.2) is 0 Å². The maximum Gasteiger partial charge on any atom is 0.258 e. The van der Waals surface area contributed by atoms with E-state index in [-0.39, 0.29) is 16.9 Å². The number of halogens is 1. The molecule has 0 aliphatic rings. The maximum atomic E-state index is 12.9. The lowest BCUT2D eigenvalue weighted by Crippen LogP contribution is -2.34. The first-order valence-corrected chi connectivity index (χ1v) is 11.6. The molecule has 34 heavy (non-hydrogen) atoms. The zero-order valence-electron chi connectivity index (χ0n) is 18.7. The fourth-order valence-electron chi connectivity index (χ4n) is 3.02. The standard InChI is InChI=1S/C25H24BrN3O4S/c1-29(20-9-4-3-5-10-20)24(31)18-7-6-8-19(15-18)27-25(34)28-23(30)17-11-12-22(21(26)16-17)33-14-13-32-2/h3-12,15-16H,13-14H2,1-2H3,(H2,27,28,30,34). The van der Waals surface area contributed by atoms with Crippen LogP contribution < -0.4 is 20.3 Å². The van der Waals surface area contributed by atoms with Gasteiger partial charge in [-0.2, -0.15) is 0 Å². The van der Waals surface area contributed by atoms with Crippen molar-refractivity contribution >= 4 is 56.4 Å². The number of ether oxygens (including phenoxy) is 2. The Morgan fingerprint density at radius 2 is 1.74 bits per heavy atom. The first-order chi connectivity index (χ1) is 16.4. The summed E-state index contributed by atoms with van der Waals surface area (Å²) in [6, 6.07) is 21.3. The van der Waals surface area contributed by atoms with Gasteiger partial charge in [0.2, 0.25) is 0 Å². The first kappa shape index (κ1) is 25.4. The summed E-state index contributed by atoms with van der Waals surface area (Å²) in [5.41, 5.74) is 2.26. The van der Waals surface area contributed by atoms with E-state index in [2.05, 4.69) is 26.6 Å². The predicted octanol–water partition coefficient (Wildman–Crippen LogP) is 4.88. The Hall–Kier alpha value is -3.27. The highest BCUT2D eigenvalue weighted by Gasteiger charge is 2.15. The van der Waals surface area contributed by atoms with E-state index in [4.69, 9.17) is 21.7 Å². The van der Waals surface area contributed by atoms with E-state index < -0.39 is 0 Å². The van der Waals surface area contributed by atoms with E-state index in [1.807, 2.05) is 30.3 Å². The number of nitrogens with zero attached hydrogens (tertiary/aromatic N) is 1. The van der Waals surface area contributed by atoms with Crippen LogP contribution in [-0.4, -0.2) is 44.3 Å². The zero-order chi connectivity index (χ0) is 24.5. The summed E-state index contributed by atoms with van der Waals surface area (Å²) in [6.45, 7) is 0.862. The predicted molar refractivity (Wildman–Crippen MR) is 141 cm³/mol. The number of anilines is 2. The van der Waals surface area contributed by atoms with Gasteiger partial charge in [0.15, 0.2) is 5.11 Å². The van der Waals surface area contributed by atoms with E-state index >= 15 is 0 Å². The number of hydrogen-bond acceptors (Lipinski definition) is 5. The maximum absolute atomic E-state index is 12.9. The average Bonchev–Trinajstić information content (AvgIpc) is 2.84. The Balaban J connectivity index is 1.61. The molecule has 0 aliphatic heterocycles. The van der Waals surface area contributed by atoms with Crippen LogP contribution in [0.25, 0.3) is 0 Å². The van der Waals surface area contributed by atoms with Crippen molar-refractivity contribution in [3.8, 4) is 5.75 Å². The minimum Gasteiger partial charge on any atom is -0.490 e. The van der Waals surface area contributed by atoms with Crippen LogP contribution >= 0.6 is 28.1 Å². The molecule has 3 aromatic rings. The number of rotatable bonds is 8. The molecule has 9 heteroatoms. The molecule has 3 aromatic carbocycles. The number of carbonyl (C=O) groups excluding carboxylic acids is 2. The van der Waals surface area contributed by atoms with Crippen molar-refractivity contribution in [1.82, 2.24) is 5.32 Å². The van der Waals surface area contributed by atoms with Crippen LogP contribution in [0, 0.1) is 0 Å². The van der Waals surface area contributed by atoms with Crippen molar-refractivity contribution in [1.29, 1.82) is 0 Å². The molecule has 0 unspecified atom stereocenters. The van der Waals surface area contributed by atoms with E-state index in [0.717, 1.165) is 5.69 Å². The van der Waals surface area contributed by atoms with Crippen LogP contribution in [-0.2, 0) is 4.74 Å². The number of benzene rings is 3. The Morgan fingerprint density at radius 1 is 0.971 bits per heavy atom. The number of hydrogen-bond donors (Lipinski definition) is 2. The molecule has 0 saturated heterocycles. The van der Waals surface area contributed by atoms with Crippen LogP contribution in [0.5, 0.6) is 5.75 Å². The summed E-state index contributed by atoms with van der Waals surface area (Å²) in [6.07, 6.45) is 0. The molecule has 0 atom stereocenters. The zero-order valence-corrected chi connectivity index (χ0v) is 21.1. The molecule has 0 aromatic heterocycles. The summed E-state index contributed by atoms with van der Waals surface area (Å²) in [5, 5.41) is 5.71. The summed E-state index contributed by atoms with van der Waals surface area (Å²) in [5.74, 6) is 0.0661. The molecule has 2 amide bonds. The van der Waals surface area contributed by atoms with Gasteiger partial charge in [-0.1, -0.05) is 24.3 Å². The quantitative estimate of drug-likeness (QED) is 0.312. The Bertz CT molecular complexity index is 1170. The van der Waals surface area contributed by atoms with Gasteiger partial charge in [0.1, 0.15) is 12.4 Å². The topological polar surface area (TPSA) is 79.9 Å². The summed E-state index contributed by atoms with van der Waals surface area (Å²) < 4.78 is 11.2. The third-order valence-electron chi connectivity index (χ3n) is 4.78. The summed E-state index contributed by atoms with van der Waals surface area (Å²) >= 11 is 8.70. The van der Waals surface area contributed by atoms with Gasteiger partial charge in [0.05, 0.1) is 11.1 Å². The fourth-order valence-corrected chi connectivity index (χ4v) is 3.73. The van der Waals surface area contributed by atoms with Crippen molar-refractivity contribution in [2.45, 2.75) is 0 Å². The molecule has 2 N–H and O–H groups in total. The molecular weight excluding hydrogens is 518 g/mol. The Morgan fingerprint density at radius 3 is 2.44 bits per heavy atom. The second-order valence-corrected chi connectivity index (χ2v) is 8.44.